The van der Waals surface area contributed by atoms with Gasteiger partial charge >= 0.3 is 12.4 Å². The Kier molecular flexibility index (Phi) is 6.88. The molecule has 0 N–H and O–H groups in total. The first-order valence-corrected chi connectivity index (χ1v) is 14.6. The molecule has 0 spiro atoms. The van der Waals surface area contributed by atoms with Crippen LogP contribution in [0.15, 0.2) is 94.9 Å². The summed E-state index contributed by atoms with van der Waals surface area (Å²) in [6.07, 6.45) is -6.34. The van der Waals surface area contributed by atoms with Gasteiger partial charge in [0.25, 0.3) is 0 Å². The van der Waals surface area contributed by atoms with Crippen molar-refractivity contribution in [3.63, 3.8) is 0 Å². The zero-order valence-corrected chi connectivity index (χ0v) is 25.1. The summed E-state index contributed by atoms with van der Waals surface area (Å²) in [6.45, 7) is 4.04. The Morgan fingerprint density at radius 2 is 0.833 bits per heavy atom. The molecule has 0 atom stereocenters. The standard InChI is InChI=1S/C38H20F6N4/c1-19-7-20(2)9-23(8-19)21-3-5-27-29-15-30-28-6-4-22(24-10-25(37(39,40)41)14-26(11-24)38(42,43)44)13-32(28)36(48-18-46)34(30)16-33(29)35(47-17-45)31(27)12-21/h3-16H,1-2H3. The molecule has 0 radical (unpaired) electrons. The van der Waals surface area contributed by atoms with E-state index in [0.717, 1.165) is 38.4 Å². The van der Waals surface area contributed by atoms with Crippen molar-refractivity contribution in [2.75, 3.05) is 0 Å². The molecule has 0 aliphatic carbocycles. The number of alkyl halides is 6. The molecule has 0 aromatic heterocycles. The van der Waals surface area contributed by atoms with Crippen LogP contribution in [0.2, 0.25) is 0 Å². The smallest absolute Gasteiger partial charge is 0.172 e. The average molecular weight is 647 g/mol. The molecular formula is C38H20F6N4. The van der Waals surface area contributed by atoms with Gasteiger partial charge in [-0.3, -0.25) is 0 Å². The van der Waals surface area contributed by atoms with Gasteiger partial charge < -0.3 is 0 Å². The summed E-state index contributed by atoms with van der Waals surface area (Å²) in [5, 5.41) is 25.1. The molecule has 0 heterocycles. The summed E-state index contributed by atoms with van der Waals surface area (Å²) in [4.78, 5) is 8.19. The van der Waals surface area contributed by atoms with Crippen molar-refractivity contribution < 1.29 is 26.3 Å². The zero-order chi connectivity index (χ0) is 34.1. The number of rotatable bonds is 2. The summed E-state index contributed by atoms with van der Waals surface area (Å²) in [7, 11) is 0. The molecule has 0 fully saturated rings. The molecule has 0 saturated carbocycles. The number of hydrogen-bond acceptors (Lipinski definition) is 4. The maximum Gasteiger partial charge on any atom is 0.416 e. The van der Waals surface area contributed by atoms with Crippen molar-refractivity contribution in [3.05, 3.63) is 118 Å². The van der Waals surface area contributed by atoms with E-state index in [0.29, 0.717) is 44.4 Å². The van der Waals surface area contributed by atoms with E-state index in [1.54, 1.807) is 18.3 Å². The van der Waals surface area contributed by atoms with Crippen molar-refractivity contribution in [1.29, 1.82) is 10.5 Å². The normalized spacial score (nSPS) is 13.2. The predicted molar refractivity (Wildman–Crippen MR) is 172 cm³/mol. The van der Waals surface area contributed by atoms with Crippen LogP contribution in [0.1, 0.15) is 22.3 Å². The van der Waals surface area contributed by atoms with Gasteiger partial charge in [-0.05, 0) is 100 Å². The number of nitriles is 2. The number of nitrogens with zero attached hydrogens (tertiary/aromatic N) is 4. The van der Waals surface area contributed by atoms with Gasteiger partial charge in [-0.2, -0.15) is 46.9 Å². The second-order valence-electron chi connectivity index (χ2n) is 11.8. The topological polar surface area (TPSA) is 72.3 Å². The fourth-order valence-electron chi connectivity index (χ4n) is 6.64. The molecule has 7 aromatic carbocycles. The van der Waals surface area contributed by atoms with E-state index in [2.05, 4.69) is 28.2 Å². The van der Waals surface area contributed by atoms with Crippen molar-refractivity contribution in [2.45, 2.75) is 26.2 Å². The van der Waals surface area contributed by atoms with Gasteiger partial charge in [-0.1, -0.05) is 53.6 Å². The fourth-order valence-corrected chi connectivity index (χ4v) is 6.64. The van der Waals surface area contributed by atoms with Gasteiger partial charge in [0.05, 0.1) is 21.8 Å². The Morgan fingerprint density at radius 1 is 0.438 bits per heavy atom. The van der Waals surface area contributed by atoms with E-state index >= 15 is 0 Å². The summed E-state index contributed by atoms with van der Waals surface area (Å²) in [6, 6.07) is 21.8. The van der Waals surface area contributed by atoms with E-state index < -0.39 is 23.5 Å². The van der Waals surface area contributed by atoms with Gasteiger partial charge in [0.15, 0.2) is 0 Å². The Bertz CT molecular complexity index is 2640. The molecule has 0 aliphatic rings. The van der Waals surface area contributed by atoms with Crippen LogP contribution >= 0.6 is 0 Å². The molecule has 0 saturated heterocycles. The first kappa shape index (κ1) is 30.6. The van der Waals surface area contributed by atoms with E-state index in [4.69, 9.17) is 0 Å². The third kappa shape index (κ3) is 5.03. The van der Waals surface area contributed by atoms with Gasteiger partial charge in [-0.15, -0.1) is 0 Å². The van der Waals surface area contributed by atoms with Gasteiger partial charge in [-0.25, -0.2) is 0 Å². The van der Waals surface area contributed by atoms with E-state index in [-0.39, 0.29) is 22.6 Å². The zero-order valence-electron chi connectivity index (χ0n) is 25.1. The van der Waals surface area contributed by atoms with Crippen molar-refractivity contribution in [3.8, 4) is 34.6 Å². The minimum absolute atomic E-state index is 0.0833. The molecule has 10 heteroatoms. The highest BCUT2D eigenvalue weighted by Crippen LogP contribution is 2.40. The summed E-state index contributed by atoms with van der Waals surface area (Å²) in [5.41, 5.74) is 1.12. The average Bonchev–Trinajstić information content (AvgIpc) is 3.49. The second kappa shape index (κ2) is 10.8. The lowest BCUT2D eigenvalue weighted by molar-refractivity contribution is -0.143. The minimum atomic E-state index is -5.00. The lowest BCUT2D eigenvalue weighted by Gasteiger charge is -2.14. The third-order valence-electron chi connectivity index (χ3n) is 8.60. The van der Waals surface area contributed by atoms with Crippen LogP contribution in [0.3, 0.4) is 0 Å². The van der Waals surface area contributed by atoms with Crippen LogP contribution in [0, 0.1) is 36.8 Å². The van der Waals surface area contributed by atoms with Crippen LogP contribution in [-0.4, -0.2) is 0 Å². The Hall–Kier alpha value is -6.00. The van der Waals surface area contributed by atoms with Crippen molar-refractivity contribution in [2.24, 2.45) is 9.98 Å². The third-order valence-corrected chi connectivity index (χ3v) is 8.60. The molecule has 234 valence electrons. The molecule has 4 nitrogen and oxygen atoms in total. The van der Waals surface area contributed by atoms with Crippen LogP contribution < -0.4 is 10.7 Å². The number of aryl methyl sites for hydroxylation is 2. The van der Waals surface area contributed by atoms with Gasteiger partial charge in [0.1, 0.15) is 0 Å². The number of halogens is 6. The largest absolute Gasteiger partial charge is 0.416 e. The van der Waals surface area contributed by atoms with E-state index in [9.17, 15) is 36.9 Å². The summed E-state index contributed by atoms with van der Waals surface area (Å²) >= 11 is 0. The first-order chi connectivity index (χ1) is 22.8. The molecule has 7 rings (SSSR count). The Balaban J connectivity index is 1.50. The predicted octanol–water partition coefficient (Wildman–Crippen LogP) is 9.93. The van der Waals surface area contributed by atoms with Crippen LogP contribution in [0.25, 0.3) is 65.3 Å². The number of benzene rings is 5. The second-order valence-corrected chi connectivity index (χ2v) is 11.8. The Labute approximate surface area is 268 Å². The quantitative estimate of drug-likeness (QED) is 0.139. The highest BCUT2D eigenvalue weighted by atomic mass is 19.4. The lowest BCUT2D eigenvalue weighted by Crippen LogP contribution is -2.11. The molecule has 0 aliphatic heterocycles. The SMILES string of the molecule is Cc1cc(C)cc(-c2ccc3c(c2)c(=NC#N)c2cc4c(=NC#N)c5cc(-c6cc(C(F)(F)F)cc(C(F)(F)F)c6)ccc5c4cc23)c1. The van der Waals surface area contributed by atoms with Crippen LogP contribution in [-0.2, 0) is 12.4 Å². The van der Waals surface area contributed by atoms with Crippen LogP contribution in [0.5, 0.6) is 0 Å². The summed E-state index contributed by atoms with van der Waals surface area (Å²) in [5.74, 6) is 0. The molecule has 0 unspecified atom stereocenters. The highest BCUT2D eigenvalue weighted by molar-refractivity contribution is 6.21. The maximum absolute atomic E-state index is 13.6. The maximum atomic E-state index is 13.6. The minimum Gasteiger partial charge on any atom is -0.172 e. The number of hydrogen-bond donors (Lipinski definition) is 0. The van der Waals surface area contributed by atoms with Crippen molar-refractivity contribution >= 4 is 43.1 Å². The fraction of sp³-hybridized carbons (Fsp3) is 0.105. The highest BCUT2D eigenvalue weighted by Gasteiger charge is 2.37. The summed E-state index contributed by atoms with van der Waals surface area (Å²) < 4.78 is 81.6. The van der Waals surface area contributed by atoms with Gasteiger partial charge in [0.2, 0.25) is 12.4 Å². The molecule has 7 aromatic rings. The number of fused-ring (bicyclic) bond motifs is 6. The molecular weight excluding hydrogens is 626 g/mol. The first-order valence-electron chi connectivity index (χ1n) is 14.6. The van der Waals surface area contributed by atoms with E-state index in [1.807, 2.05) is 44.3 Å². The Morgan fingerprint density at radius 3 is 1.25 bits per heavy atom. The monoisotopic (exact) mass is 646 g/mol. The van der Waals surface area contributed by atoms with Crippen molar-refractivity contribution in [1.82, 2.24) is 0 Å². The lowest BCUT2D eigenvalue weighted by atomic mass is 9.97. The van der Waals surface area contributed by atoms with Gasteiger partial charge in [0, 0.05) is 21.5 Å². The van der Waals surface area contributed by atoms with E-state index in [1.165, 1.54) is 12.1 Å². The van der Waals surface area contributed by atoms with Crippen LogP contribution in [0.4, 0.5) is 26.3 Å². The molecule has 0 bridgehead atoms. The molecule has 0 amide bonds. The molecule has 48 heavy (non-hydrogen) atoms.